The van der Waals surface area contributed by atoms with Crippen LogP contribution in [0.15, 0.2) is 18.3 Å². The first-order chi connectivity index (χ1) is 16.9. The van der Waals surface area contributed by atoms with Gasteiger partial charge in [-0.1, -0.05) is 11.6 Å². The van der Waals surface area contributed by atoms with E-state index in [1.54, 1.807) is 19.2 Å². The number of amides is 1. The Hall–Kier alpha value is -2.98. The quantitative estimate of drug-likeness (QED) is 0.455. The first kappa shape index (κ1) is 23.7. The zero-order chi connectivity index (χ0) is 24.5. The summed E-state index contributed by atoms with van der Waals surface area (Å²) in [4.78, 5) is 25.7. The molecule has 11 heteroatoms. The highest BCUT2D eigenvalue weighted by Gasteiger charge is 2.29. The van der Waals surface area contributed by atoms with Crippen molar-refractivity contribution in [3.8, 4) is 0 Å². The van der Waals surface area contributed by atoms with E-state index in [0.29, 0.717) is 59.7 Å². The lowest BCUT2D eigenvalue weighted by Crippen LogP contribution is -2.29. The van der Waals surface area contributed by atoms with Gasteiger partial charge in [-0.05, 0) is 63.1 Å². The molecule has 1 aromatic carbocycles. The van der Waals surface area contributed by atoms with Crippen LogP contribution in [0.3, 0.4) is 0 Å². The predicted molar refractivity (Wildman–Crippen MR) is 132 cm³/mol. The number of primary amides is 1. The molecule has 0 radical (unpaired) electrons. The van der Waals surface area contributed by atoms with Crippen molar-refractivity contribution in [2.45, 2.75) is 57.5 Å². The third kappa shape index (κ3) is 5.04. The average Bonchev–Trinajstić information content (AvgIpc) is 3.20. The molecule has 4 N–H and O–H groups in total. The zero-order valence-electron chi connectivity index (χ0n) is 19.6. The van der Waals surface area contributed by atoms with E-state index in [9.17, 15) is 9.18 Å². The summed E-state index contributed by atoms with van der Waals surface area (Å²) in [5.74, 6) is 0.160. The van der Waals surface area contributed by atoms with Gasteiger partial charge in [-0.2, -0.15) is 4.98 Å². The minimum atomic E-state index is -0.420. The number of fused-ring (bicyclic) bond motifs is 1. The van der Waals surface area contributed by atoms with Crippen LogP contribution in [0.2, 0.25) is 5.02 Å². The summed E-state index contributed by atoms with van der Waals surface area (Å²) >= 11 is 6.26. The summed E-state index contributed by atoms with van der Waals surface area (Å²) in [6.45, 7) is 3.17. The van der Waals surface area contributed by atoms with E-state index in [1.807, 2.05) is 4.57 Å². The monoisotopic (exact) mass is 501 g/mol. The Morgan fingerprint density at radius 1 is 1.17 bits per heavy atom. The molecule has 1 saturated heterocycles. The van der Waals surface area contributed by atoms with Crippen molar-refractivity contribution in [3.05, 3.63) is 34.7 Å². The maximum atomic E-state index is 14.8. The number of rotatable bonds is 6. The summed E-state index contributed by atoms with van der Waals surface area (Å²) in [5.41, 5.74) is 7.68. The maximum Gasteiger partial charge on any atom is 0.224 e. The van der Waals surface area contributed by atoms with Gasteiger partial charge in [0.25, 0.3) is 0 Å². The second-order valence-corrected chi connectivity index (χ2v) is 9.76. The number of hydrogen-bond acceptors (Lipinski definition) is 7. The van der Waals surface area contributed by atoms with E-state index >= 15 is 0 Å². The smallest absolute Gasteiger partial charge is 0.224 e. The minimum absolute atomic E-state index is 0.0212. The topological polar surface area (TPSA) is 120 Å². The number of aryl methyl sites for hydroxylation is 1. The Morgan fingerprint density at radius 3 is 2.63 bits per heavy atom. The van der Waals surface area contributed by atoms with Crippen LogP contribution in [0.25, 0.3) is 11.2 Å². The molecule has 2 fully saturated rings. The number of carbonyl (C=O) groups is 1. The van der Waals surface area contributed by atoms with E-state index in [1.165, 1.54) is 6.07 Å². The molecule has 186 valence electrons. The highest BCUT2D eigenvalue weighted by molar-refractivity contribution is 6.31. The van der Waals surface area contributed by atoms with Crippen molar-refractivity contribution in [1.29, 1.82) is 0 Å². The lowest BCUT2D eigenvalue weighted by atomic mass is 9.85. The number of carbonyl (C=O) groups excluding carboxylic acids is 1. The molecule has 0 unspecified atom stereocenters. The molecule has 2 aromatic heterocycles. The van der Waals surface area contributed by atoms with Gasteiger partial charge in [0, 0.05) is 36.2 Å². The fourth-order valence-electron chi connectivity index (χ4n) is 4.90. The van der Waals surface area contributed by atoms with E-state index in [0.717, 1.165) is 25.7 Å². The number of anilines is 3. The molecule has 1 amide bonds. The van der Waals surface area contributed by atoms with Crippen LogP contribution in [-0.2, 0) is 9.53 Å². The fraction of sp³-hybridized carbons (Fsp3) is 0.500. The number of halogens is 2. The van der Waals surface area contributed by atoms with Crippen LogP contribution in [0, 0.1) is 18.7 Å². The van der Waals surface area contributed by atoms with Crippen molar-refractivity contribution >= 4 is 46.3 Å². The molecule has 0 spiro atoms. The van der Waals surface area contributed by atoms with E-state index in [2.05, 4.69) is 15.6 Å². The lowest BCUT2D eigenvalue weighted by molar-refractivity contribution is -0.122. The molecular formula is C24H29ClFN7O2. The van der Waals surface area contributed by atoms with Gasteiger partial charge in [-0.25, -0.2) is 14.4 Å². The molecule has 9 nitrogen and oxygen atoms in total. The Morgan fingerprint density at radius 2 is 1.91 bits per heavy atom. The molecule has 0 atom stereocenters. The van der Waals surface area contributed by atoms with Crippen LogP contribution in [0.4, 0.5) is 22.0 Å². The molecule has 0 bridgehead atoms. The Balaban J connectivity index is 1.51. The number of ether oxygens (including phenoxy) is 1. The number of nitrogens with zero attached hydrogens (tertiary/aromatic N) is 4. The van der Waals surface area contributed by atoms with Crippen molar-refractivity contribution in [2.75, 3.05) is 23.8 Å². The molecular weight excluding hydrogens is 473 g/mol. The summed E-state index contributed by atoms with van der Waals surface area (Å²) in [5, 5.41) is 6.99. The summed E-state index contributed by atoms with van der Waals surface area (Å²) < 4.78 is 22.2. The molecule has 1 aliphatic carbocycles. The number of aromatic nitrogens is 4. The zero-order valence-corrected chi connectivity index (χ0v) is 20.3. The van der Waals surface area contributed by atoms with E-state index < -0.39 is 5.82 Å². The average molecular weight is 502 g/mol. The normalized spacial score (nSPS) is 21.2. The van der Waals surface area contributed by atoms with Crippen molar-refractivity contribution in [3.63, 3.8) is 0 Å². The van der Waals surface area contributed by atoms with Crippen molar-refractivity contribution < 1.29 is 13.9 Å². The molecule has 2 aliphatic rings. The standard InChI is InChI=1S/C24H29ClFN7O2/c1-13-10-18(26)19(11-17(13)25)30-24-31-20-12-28-23(29-15-6-8-35-9-7-15)32-22(20)33(24)16-4-2-14(3-5-16)21(27)34/h10-12,14-16H,2-9H2,1H3,(H2,27,34)(H,30,31)(H,28,29,32)/t14-,16+. The SMILES string of the molecule is Cc1cc(F)c(Nc2nc3cnc(NC4CCOCC4)nc3n2[C@H]2CC[C@@H](C(N)=O)CC2)cc1Cl. The van der Waals surface area contributed by atoms with E-state index in [-0.39, 0.29) is 29.6 Å². The number of benzene rings is 1. The second-order valence-electron chi connectivity index (χ2n) is 9.35. The number of nitrogens with two attached hydrogens (primary N) is 1. The predicted octanol–water partition coefficient (Wildman–Crippen LogP) is 4.48. The Labute approximate surface area is 207 Å². The minimum Gasteiger partial charge on any atom is -0.381 e. The number of imidazole rings is 1. The summed E-state index contributed by atoms with van der Waals surface area (Å²) in [6, 6.07) is 3.22. The molecule has 35 heavy (non-hydrogen) atoms. The molecule has 1 aliphatic heterocycles. The Bertz CT molecular complexity index is 1240. The van der Waals surface area contributed by atoms with Gasteiger partial charge < -0.3 is 21.1 Å². The molecule has 5 rings (SSSR count). The third-order valence-electron chi connectivity index (χ3n) is 6.95. The van der Waals surface area contributed by atoms with E-state index in [4.69, 9.17) is 32.0 Å². The van der Waals surface area contributed by atoms with Crippen molar-refractivity contribution in [1.82, 2.24) is 19.5 Å². The van der Waals surface area contributed by atoms with Gasteiger partial charge in [0.1, 0.15) is 11.3 Å². The largest absolute Gasteiger partial charge is 0.381 e. The highest BCUT2D eigenvalue weighted by Crippen LogP contribution is 2.37. The van der Waals surface area contributed by atoms with Crippen LogP contribution < -0.4 is 16.4 Å². The Kier molecular flexibility index (Phi) is 6.75. The fourth-order valence-corrected chi connectivity index (χ4v) is 5.06. The molecule has 3 aromatic rings. The van der Waals surface area contributed by atoms with Gasteiger partial charge in [0.05, 0.1) is 11.9 Å². The first-order valence-electron chi connectivity index (χ1n) is 12.0. The van der Waals surface area contributed by atoms with Crippen LogP contribution in [-0.4, -0.2) is 44.7 Å². The van der Waals surface area contributed by atoms with Gasteiger partial charge in [-0.15, -0.1) is 0 Å². The number of hydrogen-bond donors (Lipinski definition) is 3. The molecule has 3 heterocycles. The summed E-state index contributed by atoms with van der Waals surface area (Å²) in [6.07, 6.45) is 6.29. The number of nitrogens with one attached hydrogen (secondary N) is 2. The van der Waals surface area contributed by atoms with Crippen LogP contribution >= 0.6 is 11.6 Å². The van der Waals surface area contributed by atoms with Gasteiger partial charge >= 0.3 is 0 Å². The first-order valence-corrected chi connectivity index (χ1v) is 12.4. The van der Waals surface area contributed by atoms with Crippen LogP contribution in [0.5, 0.6) is 0 Å². The summed E-state index contributed by atoms with van der Waals surface area (Å²) in [7, 11) is 0. The lowest BCUT2D eigenvalue weighted by Gasteiger charge is -2.29. The highest BCUT2D eigenvalue weighted by atomic mass is 35.5. The van der Waals surface area contributed by atoms with Crippen molar-refractivity contribution in [2.24, 2.45) is 11.7 Å². The van der Waals surface area contributed by atoms with Gasteiger partial charge in [-0.3, -0.25) is 9.36 Å². The second kappa shape index (κ2) is 9.94. The maximum absolute atomic E-state index is 14.8. The third-order valence-corrected chi connectivity index (χ3v) is 7.35. The van der Waals surface area contributed by atoms with Gasteiger partial charge in [0.15, 0.2) is 5.65 Å². The molecule has 1 saturated carbocycles. The van der Waals surface area contributed by atoms with Crippen LogP contribution in [0.1, 0.15) is 50.1 Å². The van der Waals surface area contributed by atoms with Gasteiger partial charge in [0.2, 0.25) is 17.8 Å².